The third kappa shape index (κ3) is 4.39. The molecule has 0 aliphatic heterocycles. The van der Waals surface area contributed by atoms with Crippen LogP contribution in [0, 0.1) is 5.82 Å². The normalized spacial score (nSPS) is 11.7. The van der Waals surface area contributed by atoms with Crippen LogP contribution < -0.4 is 5.32 Å². The Labute approximate surface area is 125 Å². The van der Waals surface area contributed by atoms with Gasteiger partial charge in [-0.15, -0.1) is 0 Å². The van der Waals surface area contributed by atoms with Crippen LogP contribution in [0.1, 0.15) is 22.8 Å². The van der Waals surface area contributed by atoms with Crippen molar-refractivity contribution in [2.24, 2.45) is 0 Å². The first kappa shape index (κ1) is 15.2. The Hall–Kier alpha value is -2.21. The van der Waals surface area contributed by atoms with Gasteiger partial charge in [0.05, 0.1) is 5.56 Å². The van der Waals surface area contributed by atoms with Gasteiger partial charge in [0.15, 0.2) is 6.10 Å². The number of halogens is 1. The molecule has 110 valence electrons. The number of esters is 1. The highest BCUT2D eigenvalue weighted by atomic mass is 32.1. The SMILES string of the molecule is C[C@H](OC(=O)c1ccsc1)C(=O)NCc1ccc(F)cc1. The molecule has 1 heterocycles. The molecule has 1 aromatic heterocycles. The van der Waals surface area contributed by atoms with E-state index in [0.717, 1.165) is 5.56 Å². The molecule has 4 nitrogen and oxygen atoms in total. The molecular weight excluding hydrogens is 293 g/mol. The van der Waals surface area contributed by atoms with Crippen LogP contribution >= 0.6 is 11.3 Å². The van der Waals surface area contributed by atoms with Gasteiger partial charge in [0.25, 0.3) is 5.91 Å². The Kier molecular flexibility index (Phi) is 5.05. The van der Waals surface area contributed by atoms with E-state index in [1.807, 2.05) is 0 Å². The van der Waals surface area contributed by atoms with Crippen molar-refractivity contribution in [3.05, 3.63) is 58.0 Å². The smallest absolute Gasteiger partial charge is 0.339 e. The summed E-state index contributed by atoms with van der Waals surface area (Å²) >= 11 is 1.38. The minimum atomic E-state index is -0.891. The van der Waals surface area contributed by atoms with Crippen LogP contribution in [0.5, 0.6) is 0 Å². The van der Waals surface area contributed by atoms with Crippen molar-refractivity contribution in [3.8, 4) is 0 Å². The summed E-state index contributed by atoms with van der Waals surface area (Å²) in [6, 6.07) is 7.44. The maximum atomic E-state index is 12.7. The number of carbonyl (C=O) groups excluding carboxylic acids is 2. The molecule has 0 spiro atoms. The molecule has 0 aliphatic carbocycles. The third-order valence-corrected chi connectivity index (χ3v) is 3.47. The monoisotopic (exact) mass is 307 g/mol. The van der Waals surface area contributed by atoms with Crippen LogP contribution in [0.15, 0.2) is 41.1 Å². The standard InChI is InChI=1S/C15H14FNO3S/c1-10(20-15(19)12-6-7-21-9-12)14(18)17-8-11-2-4-13(16)5-3-11/h2-7,9-10H,8H2,1H3,(H,17,18)/t10-/m0/s1. The zero-order chi connectivity index (χ0) is 15.2. The number of nitrogens with one attached hydrogen (secondary N) is 1. The molecule has 2 aromatic rings. The van der Waals surface area contributed by atoms with Crippen LogP contribution in [0.25, 0.3) is 0 Å². The molecule has 0 saturated carbocycles. The van der Waals surface area contributed by atoms with E-state index in [0.29, 0.717) is 5.56 Å². The van der Waals surface area contributed by atoms with E-state index in [1.54, 1.807) is 29.0 Å². The average molecular weight is 307 g/mol. The fraction of sp³-hybridized carbons (Fsp3) is 0.200. The number of ether oxygens (including phenoxy) is 1. The van der Waals surface area contributed by atoms with E-state index in [9.17, 15) is 14.0 Å². The van der Waals surface area contributed by atoms with E-state index < -0.39 is 18.0 Å². The summed E-state index contributed by atoms with van der Waals surface area (Å²) in [6.45, 7) is 1.75. The molecule has 0 bridgehead atoms. The molecule has 1 amide bonds. The van der Waals surface area contributed by atoms with Gasteiger partial charge in [-0.2, -0.15) is 11.3 Å². The number of hydrogen-bond acceptors (Lipinski definition) is 4. The lowest BCUT2D eigenvalue weighted by molar-refractivity contribution is -0.129. The number of amides is 1. The first-order chi connectivity index (χ1) is 10.1. The zero-order valence-electron chi connectivity index (χ0n) is 11.3. The Morgan fingerprint density at radius 1 is 1.29 bits per heavy atom. The Balaban J connectivity index is 1.82. The number of carbonyl (C=O) groups is 2. The summed E-state index contributed by atoms with van der Waals surface area (Å²) in [5.41, 5.74) is 1.19. The zero-order valence-corrected chi connectivity index (χ0v) is 12.2. The van der Waals surface area contributed by atoms with Gasteiger partial charge in [0.2, 0.25) is 0 Å². The second-order valence-electron chi connectivity index (χ2n) is 4.40. The molecule has 0 radical (unpaired) electrons. The fourth-order valence-corrected chi connectivity index (χ4v) is 2.22. The highest BCUT2D eigenvalue weighted by molar-refractivity contribution is 7.08. The topological polar surface area (TPSA) is 55.4 Å². The maximum Gasteiger partial charge on any atom is 0.339 e. The first-order valence-corrected chi connectivity index (χ1v) is 7.26. The summed E-state index contributed by atoms with van der Waals surface area (Å²) in [5, 5.41) is 6.05. The molecule has 1 atom stereocenters. The second-order valence-corrected chi connectivity index (χ2v) is 5.18. The highest BCUT2D eigenvalue weighted by Gasteiger charge is 2.18. The summed E-state index contributed by atoms with van der Waals surface area (Å²) in [5.74, 6) is -1.26. The van der Waals surface area contributed by atoms with Crippen molar-refractivity contribution in [1.29, 1.82) is 0 Å². The van der Waals surface area contributed by atoms with Crippen LogP contribution in [-0.4, -0.2) is 18.0 Å². The van der Waals surface area contributed by atoms with Gasteiger partial charge in [0.1, 0.15) is 5.82 Å². The van der Waals surface area contributed by atoms with E-state index in [1.165, 1.54) is 30.4 Å². The van der Waals surface area contributed by atoms with Crippen molar-refractivity contribution >= 4 is 23.2 Å². The first-order valence-electron chi connectivity index (χ1n) is 6.31. The molecule has 0 fully saturated rings. The van der Waals surface area contributed by atoms with E-state index in [2.05, 4.69) is 5.32 Å². The van der Waals surface area contributed by atoms with Gasteiger partial charge >= 0.3 is 5.97 Å². The lowest BCUT2D eigenvalue weighted by Crippen LogP contribution is -2.35. The molecule has 0 saturated heterocycles. The lowest BCUT2D eigenvalue weighted by Gasteiger charge is -2.13. The van der Waals surface area contributed by atoms with Crippen molar-refractivity contribution in [1.82, 2.24) is 5.32 Å². The third-order valence-electron chi connectivity index (χ3n) is 2.79. The number of hydrogen-bond donors (Lipinski definition) is 1. The summed E-state index contributed by atoms with van der Waals surface area (Å²) in [6.07, 6.45) is -0.891. The Bertz CT molecular complexity index is 610. The molecular formula is C15H14FNO3S. The molecule has 0 aliphatic rings. The second kappa shape index (κ2) is 6.99. The van der Waals surface area contributed by atoms with Gasteiger partial charge in [-0.1, -0.05) is 12.1 Å². The van der Waals surface area contributed by atoms with E-state index in [4.69, 9.17) is 4.74 Å². The fourth-order valence-electron chi connectivity index (χ4n) is 1.60. The quantitative estimate of drug-likeness (QED) is 0.864. The lowest BCUT2D eigenvalue weighted by atomic mass is 10.2. The van der Waals surface area contributed by atoms with Gasteiger partial charge in [0, 0.05) is 11.9 Å². The minimum Gasteiger partial charge on any atom is -0.449 e. The van der Waals surface area contributed by atoms with Crippen molar-refractivity contribution in [2.75, 3.05) is 0 Å². The van der Waals surface area contributed by atoms with E-state index >= 15 is 0 Å². The molecule has 6 heteroatoms. The van der Waals surface area contributed by atoms with Crippen molar-refractivity contribution in [2.45, 2.75) is 19.6 Å². The maximum absolute atomic E-state index is 12.7. The summed E-state index contributed by atoms with van der Waals surface area (Å²) in [4.78, 5) is 23.5. The molecule has 2 rings (SSSR count). The molecule has 1 aromatic carbocycles. The van der Waals surface area contributed by atoms with Gasteiger partial charge < -0.3 is 10.1 Å². The highest BCUT2D eigenvalue weighted by Crippen LogP contribution is 2.09. The van der Waals surface area contributed by atoms with Crippen molar-refractivity contribution < 1.29 is 18.7 Å². The predicted octanol–water partition coefficient (Wildman–Crippen LogP) is 2.75. The van der Waals surface area contributed by atoms with Gasteiger partial charge in [-0.3, -0.25) is 4.79 Å². The van der Waals surface area contributed by atoms with Crippen LogP contribution in [0.3, 0.4) is 0 Å². The molecule has 0 unspecified atom stereocenters. The van der Waals surface area contributed by atoms with Crippen LogP contribution in [-0.2, 0) is 16.1 Å². The van der Waals surface area contributed by atoms with Gasteiger partial charge in [-0.25, -0.2) is 9.18 Å². The van der Waals surface area contributed by atoms with Crippen LogP contribution in [0.4, 0.5) is 4.39 Å². The predicted molar refractivity (Wildman–Crippen MR) is 77.4 cm³/mol. The molecule has 1 N–H and O–H groups in total. The number of thiophene rings is 1. The molecule has 21 heavy (non-hydrogen) atoms. The number of benzene rings is 1. The van der Waals surface area contributed by atoms with Crippen LogP contribution in [0.2, 0.25) is 0 Å². The average Bonchev–Trinajstić information content (AvgIpc) is 3.00. The Morgan fingerprint density at radius 2 is 2.00 bits per heavy atom. The summed E-state index contributed by atoms with van der Waals surface area (Å²) in [7, 11) is 0. The van der Waals surface area contributed by atoms with Crippen molar-refractivity contribution in [3.63, 3.8) is 0 Å². The van der Waals surface area contributed by atoms with Gasteiger partial charge in [-0.05, 0) is 36.1 Å². The minimum absolute atomic E-state index is 0.249. The Morgan fingerprint density at radius 3 is 2.62 bits per heavy atom. The van der Waals surface area contributed by atoms with E-state index in [-0.39, 0.29) is 12.4 Å². The largest absolute Gasteiger partial charge is 0.449 e. The number of rotatable bonds is 5. The summed E-state index contributed by atoms with van der Waals surface area (Å²) < 4.78 is 17.8.